The van der Waals surface area contributed by atoms with Gasteiger partial charge in [-0.1, -0.05) is 30.9 Å². The molecular formula is C24H22N6O. The van der Waals surface area contributed by atoms with Gasteiger partial charge in [-0.25, -0.2) is 9.97 Å². The van der Waals surface area contributed by atoms with Crippen LogP contribution in [0, 0.1) is 0 Å². The largest absolute Gasteiger partial charge is 0.383 e. The van der Waals surface area contributed by atoms with Gasteiger partial charge in [-0.05, 0) is 37.1 Å². The number of para-hydroxylation sites is 1. The number of hydrogen-bond donors (Lipinski definition) is 2. The van der Waals surface area contributed by atoms with E-state index in [2.05, 4.69) is 43.6 Å². The lowest BCUT2D eigenvalue weighted by molar-refractivity contribution is -0.117. The Morgan fingerprint density at radius 3 is 2.94 bits per heavy atom. The number of hydrogen-bond acceptors (Lipinski definition) is 5. The number of benzene rings is 1. The van der Waals surface area contributed by atoms with Gasteiger partial charge in [0.2, 0.25) is 5.91 Å². The smallest absolute Gasteiger partial charge is 0.243 e. The van der Waals surface area contributed by atoms with Crippen LogP contribution in [-0.4, -0.2) is 31.5 Å². The molecule has 1 aliphatic heterocycles. The molecule has 0 bridgehead atoms. The van der Waals surface area contributed by atoms with Gasteiger partial charge >= 0.3 is 0 Å². The highest BCUT2D eigenvalue weighted by atomic mass is 16.1. The van der Waals surface area contributed by atoms with Crippen LogP contribution in [0.2, 0.25) is 0 Å². The summed E-state index contributed by atoms with van der Waals surface area (Å²) in [5.41, 5.74) is 12.1. The Bertz CT molecular complexity index is 1380. The van der Waals surface area contributed by atoms with Crippen LogP contribution in [0.3, 0.4) is 0 Å². The fraction of sp³-hybridized carbons (Fsp3) is 0.167. The fourth-order valence-corrected chi connectivity index (χ4v) is 4.45. The van der Waals surface area contributed by atoms with E-state index in [0.29, 0.717) is 18.8 Å². The van der Waals surface area contributed by atoms with Crippen LogP contribution >= 0.6 is 0 Å². The predicted octanol–water partition coefficient (Wildman–Crippen LogP) is 3.71. The number of nitrogen functional groups attached to an aromatic ring is 1. The lowest BCUT2D eigenvalue weighted by Crippen LogP contribution is -2.39. The van der Waals surface area contributed by atoms with E-state index in [-0.39, 0.29) is 11.9 Å². The summed E-state index contributed by atoms with van der Waals surface area (Å²) in [6.45, 7) is 6.15. The summed E-state index contributed by atoms with van der Waals surface area (Å²) < 4.78 is 2.13. The summed E-state index contributed by atoms with van der Waals surface area (Å²) >= 11 is 0. The molecule has 0 unspecified atom stereocenters. The lowest BCUT2D eigenvalue weighted by Gasteiger charge is -2.28. The van der Waals surface area contributed by atoms with Crippen LogP contribution in [-0.2, 0) is 11.3 Å². The second kappa shape index (κ2) is 7.36. The van der Waals surface area contributed by atoms with Gasteiger partial charge < -0.3 is 15.6 Å². The summed E-state index contributed by atoms with van der Waals surface area (Å²) in [5.74, 6) is 0.241. The number of carbonyl (C=O) groups is 1. The molecule has 154 valence electrons. The van der Waals surface area contributed by atoms with Gasteiger partial charge in [-0.15, -0.1) is 0 Å². The molecule has 3 N–H and O–H groups in total. The zero-order valence-corrected chi connectivity index (χ0v) is 17.2. The molecule has 31 heavy (non-hydrogen) atoms. The van der Waals surface area contributed by atoms with Crippen LogP contribution in [0.15, 0.2) is 61.6 Å². The zero-order valence-electron chi connectivity index (χ0n) is 17.2. The second-order valence-corrected chi connectivity index (χ2v) is 7.64. The number of rotatable bonds is 3. The van der Waals surface area contributed by atoms with Gasteiger partial charge in [-0.3, -0.25) is 9.78 Å². The Balaban J connectivity index is 1.78. The molecule has 7 nitrogen and oxygen atoms in total. The van der Waals surface area contributed by atoms with Crippen molar-refractivity contribution in [1.29, 1.82) is 0 Å². The topological polar surface area (TPSA) is 98.7 Å². The van der Waals surface area contributed by atoms with Gasteiger partial charge in [0.15, 0.2) is 0 Å². The molecule has 1 aliphatic rings. The van der Waals surface area contributed by atoms with E-state index in [1.165, 1.54) is 12.4 Å². The van der Waals surface area contributed by atoms with E-state index in [1.807, 2.05) is 37.4 Å². The second-order valence-electron chi connectivity index (χ2n) is 7.64. The summed E-state index contributed by atoms with van der Waals surface area (Å²) in [7, 11) is 0. The molecule has 0 saturated carbocycles. The van der Waals surface area contributed by atoms with E-state index < -0.39 is 0 Å². The summed E-state index contributed by atoms with van der Waals surface area (Å²) in [6, 6.07) is 10.1. The molecule has 1 atom stereocenters. The molecule has 0 spiro atoms. The standard InChI is InChI=1S/C24H22N6O/c1-3-14-10-17(29-19(31)4-2)12-30-22(14)20(21-23(25)27-13-28-24(21)30)16-9-15-7-5-6-8-18(15)26-11-16/h3-9,11,13,17H,2,10,12H2,1H3,(H,29,31)(H2,25,27,28)/t17-/m0/s1. The van der Waals surface area contributed by atoms with Crippen molar-refractivity contribution >= 4 is 39.2 Å². The quantitative estimate of drug-likeness (QED) is 0.502. The molecule has 4 aromatic rings. The van der Waals surface area contributed by atoms with Crippen LogP contribution in [0.5, 0.6) is 0 Å². The van der Waals surface area contributed by atoms with Gasteiger partial charge in [0.25, 0.3) is 0 Å². The Morgan fingerprint density at radius 1 is 1.29 bits per heavy atom. The van der Waals surface area contributed by atoms with Crippen LogP contribution < -0.4 is 11.1 Å². The number of pyridine rings is 1. The number of carbonyl (C=O) groups excluding carboxylic acids is 1. The molecule has 0 aliphatic carbocycles. The number of aromatic nitrogens is 4. The van der Waals surface area contributed by atoms with E-state index in [1.54, 1.807) is 0 Å². The van der Waals surface area contributed by atoms with E-state index in [9.17, 15) is 4.79 Å². The van der Waals surface area contributed by atoms with Crippen molar-refractivity contribution in [3.05, 3.63) is 67.3 Å². The highest BCUT2D eigenvalue weighted by Crippen LogP contribution is 2.43. The molecule has 4 heterocycles. The number of nitrogens with one attached hydrogen (secondary N) is 1. The molecule has 5 rings (SSSR count). The minimum atomic E-state index is -0.187. The first-order chi connectivity index (χ1) is 15.1. The maximum absolute atomic E-state index is 11.9. The van der Waals surface area contributed by atoms with Crippen molar-refractivity contribution < 1.29 is 4.79 Å². The van der Waals surface area contributed by atoms with Crippen molar-refractivity contribution in [2.24, 2.45) is 0 Å². The molecule has 0 fully saturated rings. The van der Waals surface area contributed by atoms with Crippen molar-refractivity contribution in [2.75, 3.05) is 5.73 Å². The Hall–Kier alpha value is -4.00. The summed E-state index contributed by atoms with van der Waals surface area (Å²) in [6.07, 6.45) is 7.44. The minimum absolute atomic E-state index is 0.0708. The zero-order chi connectivity index (χ0) is 21.5. The Morgan fingerprint density at radius 2 is 2.13 bits per heavy atom. The molecule has 0 saturated heterocycles. The van der Waals surface area contributed by atoms with Crippen LogP contribution in [0.1, 0.15) is 19.0 Å². The maximum atomic E-state index is 11.9. The third-order valence-corrected chi connectivity index (χ3v) is 5.80. The molecule has 7 heteroatoms. The number of nitrogens with zero attached hydrogens (tertiary/aromatic N) is 4. The number of allylic oxidation sites excluding steroid dienone is 1. The average Bonchev–Trinajstić information content (AvgIpc) is 3.14. The first-order valence-electron chi connectivity index (χ1n) is 10.2. The predicted molar refractivity (Wildman–Crippen MR) is 123 cm³/mol. The van der Waals surface area contributed by atoms with Crippen molar-refractivity contribution in [2.45, 2.75) is 25.9 Å². The molecular weight excluding hydrogens is 388 g/mol. The SMILES string of the molecule is C=CC(=O)N[C@H]1CC(=CC)c2c(-c3cnc4ccccc4c3)c3c(N)ncnc3n2C1. The fourth-order valence-electron chi connectivity index (χ4n) is 4.45. The molecule has 1 amide bonds. The van der Waals surface area contributed by atoms with Crippen molar-refractivity contribution in [3.63, 3.8) is 0 Å². The Kier molecular flexibility index (Phi) is 4.51. The van der Waals surface area contributed by atoms with E-state index >= 15 is 0 Å². The third-order valence-electron chi connectivity index (χ3n) is 5.80. The number of fused-ring (bicyclic) bond motifs is 4. The minimum Gasteiger partial charge on any atom is -0.383 e. The highest BCUT2D eigenvalue weighted by molar-refractivity contribution is 6.07. The number of amides is 1. The van der Waals surface area contributed by atoms with Crippen molar-refractivity contribution in [3.8, 4) is 11.1 Å². The van der Waals surface area contributed by atoms with Crippen LogP contribution in [0.25, 0.3) is 38.6 Å². The maximum Gasteiger partial charge on any atom is 0.243 e. The highest BCUT2D eigenvalue weighted by Gasteiger charge is 2.31. The van der Waals surface area contributed by atoms with Crippen LogP contribution in [0.4, 0.5) is 5.82 Å². The average molecular weight is 410 g/mol. The molecule has 0 radical (unpaired) electrons. The monoisotopic (exact) mass is 410 g/mol. The number of nitrogens with two attached hydrogens (primary N) is 1. The van der Waals surface area contributed by atoms with E-state index in [0.717, 1.165) is 44.3 Å². The normalized spacial score (nSPS) is 17.1. The van der Waals surface area contributed by atoms with E-state index in [4.69, 9.17) is 5.73 Å². The summed E-state index contributed by atoms with van der Waals surface area (Å²) in [5, 5.41) is 4.88. The third kappa shape index (κ3) is 3.06. The van der Waals surface area contributed by atoms with Gasteiger partial charge in [0.1, 0.15) is 17.8 Å². The molecule has 3 aromatic heterocycles. The van der Waals surface area contributed by atoms with Gasteiger partial charge in [0.05, 0.1) is 22.6 Å². The Labute approximate surface area is 179 Å². The number of anilines is 1. The first-order valence-corrected chi connectivity index (χ1v) is 10.2. The van der Waals surface area contributed by atoms with Gasteiger partial charge in [-0.2, -0.15) is 0 Å². The first kappa shape index (κ1) is 19.0. The summed E-state index contributed by atoms with van der Waals surface area (Å²) in [4.78, 5) is 25.4. The van der Waals surface area contributed by atoms with Gasteiger partial charge in [0, 0.05) is 29.3 Å². The van der Waals surface area contributed by atoms with Crippen molar-refractivity contribution in [1.82, 2.24) is 24.8 Å². The lowest BCUT2D eigenvalue weighted by atomic mass is 9.93. The molecule has 1 aromatic carbocycles.